The number of aromatic nitrogens is 1. The van der Waals surface area contributed by atoms with Gasteiger partial charge >= 0.3 is 54.9 Å². The minimum Gasteiger partial charge on any atom is -0.478 e. The first kappa shape index (κ1) is 21.5. The van der Waals surface area contributed by atoms with Crippen LogP contribution in [0.4, 0.5) is 10.1 Å². The third-order valence-corrected chi connectivity index (χ3v) is 4.53. The second-order valence-electron chi connectivity index (χ2n) is 6.45. The molecule has 2 heterocycles. The molecule has 0 radical (unpaired) electrons. The quantitative estimate of drug-likeness (QED) is 0.529. The molecule has 134 valence electrons. The van der Waals surface area contributed by atoms with E-state index in [1.165, 1.54) is 6.20 Å². The number of pyridine rings is 1. The van der Waals surface area contributed by atoms with Gasteiger partial charge < -0.3 is 31.2 Å². The number of rotatable bonds is 3. The van der Waals surface area contributed by atoms with Gasteiger partial charge in [0.05, 0.1) is 0 Å². The zero-order valence-electron chi connectivity index (χ0n) is 15.0. The van der Waals surface area contributed by atoms with Crippen LogP contribution < -0.4 is 10.3 Å². The normalized spacial score (nSPS) is 16.4. The first-order valence-corrected chi connectivity index (χ1v) is 8.10. The average molecular weight is 483 g/mol. The average Bonchev–Trinajstić information content (AvgIpc) is 2.55. The zero-order valence-corrected chi connectivity index (χ0v) is 19.4. The van der Waals surface area contributed by atoms with E-state index in [2.05, 4.69) is 17.9 Å². The Morgan fingerprint density at radius 3 is 2.50 bits per heavy atom. The summed E-state index contributed by atoms with van der Waals surface area (Å²) in [5, 5.41) is 9.24. The van der Waals surface area contributed by atoms with Crippen molar-refractivity contribution in [2.24, 2.45) is 0 Å². The summed E-state index contributed by atoms with van der Waals surface area (Å²) in [5.74, 6) is -1.91. The van der Waals surface area contributed by atoms with Crippen LogP contribution in [0.25, 0.3) is 10.9 Å². The number of carbonyl (C=O) groups is 1. The molecule has 1 N–H and O–H groups in total. The van der Waals surface area contributed by atoms with Crippen molar-refractivity contribution >= 4 is 71.4 Å². The maximum atomic E-state index is 14.6. The summed E-state index contributed by atoms with van der Waals surface area (Å²) in [5.41, 5.74) is -0.437. The van der Waals surface area contributed by atoms with Gasteiger partial charge in [0.1, 0.15) is 11.0 Å². The fourth-order valence-electron chi connectivity index (χ4n) is 3.05. The minimum atomic E-state index is -1.34. The molecule has 0 bridgehead atoms. The van der Waals surface area contributed by atoms with Crippen LogP contribution in [-0.2, 0) is 0 Å². The Morgan fingerprint density at radius 1 is 1.35 bits per heavy atom. The Labute approximate surface area is 191 Å². The van der Waals surface area contributed by atoms with Gasteiger partial charge in [0, 0.05) is 38.2 Å². The maximum Gasteiger partial charge on any atom is 2.00 e. The number of hydrogen-bond donors (Lipinski definition) is 1. The maximum absolute atomic E-state index is 14.6. The number of carboxylic acid groups (broad SMARTS) is 1. The molecule has 1 fully saturated rings. The molecule has 1 aliphatic heterocycles. The summed E-state index contributed by atoms with van der Waals surface area (Å²) < 4.78 is 16.2. The van der Waals surface area contributed by atoms with E-state index >= 15 is 0 Å². The largest absolute Gasteiger partial charge is 2.00 e. The van der Waals surface area contributed by atoms with Crippen molar-refractivity contribution in [3.63, 3.8) is 0 Å². The van der Waals surface area contributed by atoms with Crippen molar-refractivity contribution in [3.05, 3.63) is 46.9 Å². The first-order valence-electron chi connectivity index (χ1n) is 8.10. The number of benzene rings is 1. The van der Waals surface area contributed by atoms with E-state index in [9.17, 15) is 19.1 Å². The summed E-state index contributed by atoms with van der Waals surface area (Å²) in [6.07, 6.45) is 1.26. The standard InChI is InChI=1S/C18H20FN3O3.Ba/c1-11(2)22-10-13(18(24)25)17(23)12-8-14(19)16(9-15(12)22)21-6-4-20(3)5-7-21;/h8,10-11H,1,4-7H2,2-3H3,(H,24,25);/q-2;+2/t11-;/m1./s1. The summed E-state index contributed by atoms with van der Waals surface area (Å²) in [6.45, 7) is 8.60. The van der Waals surface area contributed by atoms with Crippen LogP contribution in [0.3, 0.4) is 0 Å². The summed E-state index contributed by atoms with van der Waals surface area (Å²) in [6, 6.07) is 3.77. The van der Waals surface area contributed by atoms with Gasteiger partial charge in [-0.05, 0) is 12.7 Å². The SMILES string of the molecule is [Ba+2].[CH2-][C@H](C)n1cc(C(=O)O)c(=O)c2cc(F)c(N3CCN(C)CC3)[c-]c21. The van der Waals surface area contributed by atoms with E-state index in [1.807, 2.05) is 11.9 Å². The van der Waals surface area contributed by atoms with Crippen LogP contribution in [0.15, 0.2) is 17.1 Å². The van der Waals surface area contributed by atoms with E-state index in [0.717, 1.165) is 19.2 Å². The second kappa shape index (κ2) is 8.45. The zero-order chi connectivity index (χ0) is 18.3. The Hall–Kier alpha value is -0.839. The van der Waals surface area contributed by atoms with E-state index in [0.29, 0.717) is 24.3 Å². The fourth-order valence-corrected chi connectivity index (χ4v) is 3.05. The Kier molecular flexibility index (Phi) is 6.98. The van der Waals surface area contributed by atoms with Crippen molar-refractivity contribution < 1.29 is 14.3 Å². The number of carboxylic acids is 1. The molecule has 0 spiro atoms. The molecule has 0 amide bonds. The number of anilines is 1. The van der Waals surface area contributed by atoms with Gasteiger partial charge in [-0.15, -0.1) is 12.1 Å². The van der Waals surface area contributed by atoms with Crippen molar-refractivity contribution in [1.29, 1.82) is 0 Å². The van der Waals surface area contributed by atoms with Crippen molar-refractivity contribution in [2.45, 2.75) is 13.0 Å². The molecule has 6 nitrogen and oxygen atoms in total. The van der Waals surface area contributed by atoms with Gasteiger partial charge in [0.2, 0.25) is 0 Å². The van der Waals surface area contributed by atoms with Crippen LogP contribution in [0.5, 0.6) is 0 Å². The van der Waals surface area contributed by atoms with Gasteiger partial charge in [-0.2, -0.15) is 0 Å². The van der Waals surface area contributed by atoms with Crippen LogP contribution >= 0.6 is 0 Å². The summed E-state index contributed by atoms with van der Waals surface area (Å²) >= 11 is 0. The molecule has 1 aliphatic rings. The summed E-state index contributed by atoms with van der Waals surface area (Å²) in [7, 11) is 2.01. The fraction of sp³-hybridized carbons (Fsp3) is 0.389. The molecule has 0 unspecified atom stereocenters. The van der Waals surface area contributed by atoms with E-state index in [4.69, 9.17) is 0 Å². The smallest absolute Gasteiger partial charge is 0.478 e. The van der Waals surface area contributed by atoms with E-state index < -0.39 is 22.8 Å². The topological polar surface area (TPSA) is 65.8 Å². The Balaban J connectivity index is 0.00000243. The number of fused-ring (bicyclic) bond motifs is 1. The predicted molar refractivity (Wildman–Crippen MR) is 99.5 cm³/mol. The number of piperazine rings is 1. The van der Waals surface area contributed by atoms with Gasteiger partial charge in [0.15, 0.2) is 0 Å². The molecule has 0 aliphatic carbocycles. The molecule has 0 saturated carbocycles. The molecule has 1 aromatic heterocycles. The third-order valence-electron chi connectivity index (χ3n) is 4.53. The minimum absolute atomic E-state index is 0. The van der Waals surface area contributed by atoms with Gasteiger partial charge in [-0.25, -0.2) is 4.79 Å². The molecule has 1 atom stereocenters. The third kappa shape index (κ3) is 4.03. The van der Waals surface area contributed by atoms with Crippen molar-refractivity contribution in [2.75, 3.05) is 38.1 Å². The van der Waals surface area contributed by atoms with Gasteiger partial charge in [-0.1, -0.05) is 23.9 Å². The molecular formula is C18H20BaFN3O3. The monoisotopic (exact) mass is 483 g/mol. The molecule has 8 heteroatoms. The molecule has 1 aromatic carbocycles. The van der Waals surface area contributed by atoms with Crippen molar-refractivity contribution in [1.82, 2.24) is 9.47 Å². The van der Waals surface area contributed by atoms with E-state index in [1.54, 1.807) is 11.5 Å². The van der Waals surface area contributed by atoms with Gasteiger partial charge in [0.25, 0.3) is 0 Å². The van der Waals surface area contributed by atoms with Crippen molar-refractivity contribution in [3.8, 4) is 0 Å². The van der Waals surface area contributed by atoms with Crippen LogP contribution in [0.2, 0.25) is 0 Å². The van der Waals surface area contributed by atoms with E-state index in [-0.39, 0.29) is 60.3 Å². The number of hydrogen-bond acceptors (Lipinski definition) is 4. The van der Waals surface area contributed by atoms with Crippen LogP contribution in [0.1, 0.15) is 23.3 Å². The molecular weight excluding hydrogens is 463 g/mol. The number of likely N-dealkylation sites (N-methyl/N-ethyl adjacent to an activating group) is 1. The molecule has 1 saturated heterocycles. The number of halogens is 1. The molecule has 3 rings (SSSR count). The first-order chi connectivity index (χ1) is 11.8. The predicted octanol–water partition coefficient (Wildman–Crippen LogP) is 1.41. The second-order valence-corrected chi connectivity index (χ2v) is 6.45. The number of nitrogens with zero attached hydrogens (tertiary/aromatic N) is 3. The Bertz CT molecular complexity index is 889. The van der Waals surface area contributed by atoms with Crippen LogP contribution in [0, 0.1) is 18.8 Å². The number of aromatic carboxylic acids is 1. The molecule has 2 aromatic rings. The van der Waals surface area contributed by atoms with Gasteiger partial charge in [-0.3, -0.25) is 4.39 Å². The van der Waals surface area contributed by atoms with Crippen LogP contribution in [-0.4, -0.2) is 103 Å². The summed E-state index contributed by atoms with van der Waals surface area (Å²) in [4.78, 5) is 27.8. The molecule has 26 heavy (non-hydrogen) atoms. The Morgan fingerprint density at radius 2 is 1.96 bits per heavy atom.